The molecule has 0 aliphatic rings. The topological polar surface area (TPSA) is 52.6 Å². The molecule has 5 aromatic rings. The van der Waals surface area contributed by atoms with Gasteiger partial charge in [-0.15, -0.1) is 6.58 Å². The highest BCUT2D eigenvalue weighted by atomic mass is 16.5. The van der Waals surface area contributed by atoms with Crippen molar-refractivity contribution in [3.05, 3.63) is 174 Å². The van der Waals surface area contributed by atoms with E-state index in [1.54, 1.807) is 36.4 Å². The summed E-state index contributed by atoms with van der Waals surface area (Å²) in [4.78, 5) is 25.5. The third-order valence-corrected chi connectivity index (χ3v) is 9.73. The van der Waals surface area contributed by atoms with Crippen LogP contribution in [0.2, 0.25) is 0 Å². The van der Waals surface area contributed by atoms with Crippen LogP contribution in [0.15, 0.2) is 152 Å². The summed E-state index contributed by atoms with van der Waals surface area (Å²) in [5, 5.41) is 0. The molecule has 0 saturated carbocycles. The normalized spacial score (nSPS) is 12.3. The van der Waals surface area contributed by atoms with E-state index in [4.69, 9.17) is 9.47 Å². The lowest BCUT2D eigenvalue weighted by Gasteiger charge is -2.21. The number of hydrogen-bond acceptors (Lipinski definition) is 4. The fraction of sp³-hybridized carbons (Fsp3) is 0.265. The largest absolute Gasteiger partial charge is 0.462 e. The molecule has 0 fully saturated rings. The van der Waals surface area contributed by atoms with E-state index < -0.39 is 5.97 Å². The number of allylic oxidation sites excluding steroid dienone is 3. The minimum atomic E-state index is -0.408. The van der Waals surface area contributed by atoms with Gasteiger partial charge in [0.15, 0.2) is 0 Å². The molecule has 0 aromatic heterocycles. The Labute approximate surface area is 316 Å². The van der Waals surface area contributed by atoms with Crippen LogP contribution in [0.4, 0.5) is 0 Å². The van der Waals surface area contributed by atoms with E-state index in [1.807, 2.05) is 36.4 Å². The zero-order valence-electron chi connectivity index (χ0n) is 31.2. The van der Waals surface area contributed by atoms with Gasteiger partial charge in [0.2, 0.25) is 0 Å². The summed E-state index contributed by atoms with van der Waals surface area (Å²) in [5.74, 6) is 0.732. The van der Waals surface area contributed by atoms with Gasteiger partial charge in [-0.2, -0.15) is 0 Å². The average molecular weight is 705 g/mol. The van der Waals surface area contributed by atoms with Gasteiger partial charge in [0.25, 0.3) is 0 Å². The first kappa shape index (κ1) is 38.7. The van der Waals surface area contributed by atoms with Gasteiger partial charge in [0.1, 0.15) is 5.75 Å². The number of ether oxygens (including phenoxy) is 2. The molecule has 0 radical (unpaired) electrons. The van der Waals surface area contributed by atoms with Gasteiger partial charge in [-0.3, -0.25) is 0 Å². The molecule has 0 aliphatic carbocycles. The van der Waals surface area contributed by atoms with Crippen molar-refractivity contribution in [2.75, 3.05) is 6.61 Å². The summed E-state index contributed by atoms with van der Waals surface area (Å²) in [5.41, 5.74) is 7.69. The third kappa shape index (κ3) is 12.0. The molecule has 2 atom stereocenters. The molecule has 0 bridgehead atoms. The number of unbranched alkanes of at least 4 members (excludes halogenated alkanes) is 3. The van der Waals surface area contributed by atoms with Crippen molar-refractivity contribution in [3.8, 4) is 28.0 Å². The molecule has 0 aliphatic heterocycles. The van der Waals surface area contributed by atoms with Crippen LogP contribution in [0.25, 0.3) is 22.3 Å². The lowest BCUT2D eigenvalue weighted by molar-refractivity contribution is 0.0501. The van der Waals surface area contributed by atoms with Crippen LogP contribution in [0, 0.1) is 12.8 Å². The van der Waals surface area contributed by atoms with Gasteiger partial charge < -0.3 is 9.47 Å². The lowest BCUT2D eigenvalue weighted by atomic mass is 9.84. The zero-order valence-corrected chi connectivity index (χ0v) is 31.2. The van der Waals surface area contributed by atoms with Crippen molar-refractivity contribution in [1.82, 2.24) is 0 Å². The van der Waals surface area contributed by atoms with Gasteiger partial charge in [-0.25, -0.2) is 9.59 Å². The number of rotatable bonds is 19. The highest BCUT2D eigenvalue weighted by Crippen LogP contribution is 2.31. The van der Waals surface area contributed by atoms with Crippen molar-refractivity contribution in [3.63, 3.8) is 0 Å². The summed E-state index contributed by atoms with van der Waals surface area (Å²) >= 11 is 0. The molecular weight excluding hydrogens is 653 g/mol. The Morgan fingerprint density at radius 2 is 1.23 bits per heavy atom. The fourth-order valence-electron chi connectivity index (χ4n) is 6.50. The van der Waals surface area contributed by atoms with Crippen LogP contribution < -0.4 is 4.74 Å². The minimum Gasteiger partial charge on any atom is -0.462 e. The smallest absolute Gasteiger partial charge is 0.343 e. The van der Waals surface area contributed by atoms with Gasteiger partial charge >= 0.3 is 11.9 Å². The summed E-state index contributed by atoms with van der Waals surface area (Å²) in [6.45, 7) is 8.82. The second kappa shape index (κ2) is 20.5. The molecule has 0 amide bonds. The van der Waals surface area contributed by atoms with E-state index >= 15 is 0 Å². The molecule has 53 heavy (non-hydrogen) atoms. The molecule has 5 aromatic carbocycles. The first-order chi connectivity index (χ1) is 25.9. The Morgan fingerprint density at radius 3 is 1.81 bits per heavy atom. The molecule has 2 unspecified atom stereocenters. The summed E-state index contributed by atoms with van der Waals surface area (Å²) in [7, 11) is 0. The molecule has 5 rings (SSSR count). The van der Waals surface area contributed by atoms with Crippen molar-refractivity contribution >= 4 is 11.9 Å². The maximum absolute atomic E-state index is 12.8. The molecule has 4 nitrogen and oxygen atoms in total. The Bertz CT molecular complexity index is 1890. The van der Waals surface area contributed by atoms with Crippen LogP contribution in [-0.4, -0.2) is 18.5 Å². The maximum atomic E-state index is 12.8. The highest BCUT2D eigenvalue weighted by molar-refractivity contribution is 5.92. The molecule has 0 saturated heterocycles. The number of carbonyl (C=O) groups excluding carboxylic acids is 2. The maximum Gasteiger partial charge on any atom is 0.343 e. The van der Waals surface area contributed by atoms with Crippen molar-refractivity contribution in [2.24, 2.45) is 5.92 Å². The van der Waals surface area contributed by atoms with Gasteiger partial charge in [0.05, 0.1) is 17.7 Å². The Balaban J connectivity index is 1.02. The number of benzene rings is 5. The molecule has 0 spiro atoms. The van der Waals surface area contributed by atoms with E-state index in [0.717, 1.165) is 47.9 Å². The molecule has 0 heterocycles. The lowest BCUT2D eigenvalue weighted by Crippen LogP contribution is -2.08. The van der Waals surface area contributed by atoms with Gasteiger partial charge in [-0.05, 0) is 115 Å². The van der Waals surface area contributed by atoms with E-state index in [1.165, 1.54) is 36.8 Å². The van der Waals surface area contributed by atoms with Gasteiger partial charge in [0, 0.05) is 0 Å². The molecule has 272 valence electrons. The summed E-state index contributed by atoms with van der Waals surface area (Å²) < 4.78 is 11.2. The van der Waals surface area contributed by atoms with Crippen molar-refractivity contribution in [2.45, 2.75) is 71.1 Å². The predicted octanol–water partition coefficient (Wildman–Crippen LogP) is 13.0. The Hall–Kier alpha value is -5.48. The van der Waals surface area contributed by atoms with Crippen LogP contribution in [0.3, 0.4) is 0 Å². The summed E-state index contributed by atoms with van der Waals surface area (Å²) in [6.07, 6.45) is 15.3. The number of aryl methyl sites for hydroxylation is 1. The Morgan fingerprint density at radius 1 is 0.660 bits per heavy atom. The van der Waals surface area contributed by atoms with Gasteiger partial charge in [-0.1, -0.05) is 141 Å². The third-order valence-electron chi connectivity index (χ3n) is 9.73. The number of carbonyl (C=O) groups is 2. The monoisotopic (exact) mass is 704 g/mol. The summed E-state index contributed by atoms with van der Waals surface area (Å²) in [6, 6.07) is 41.3. The average Bonchev–Trinajstić information content (AvgIpc) is 3.20. The first-order valence-corrected chi connectivity index (χ1v) is 19.0. The van der Waals surface area contributed by atoms with E-state index in [9.17, 15) is 9.59 Å². The molecular formula is C49H52O4. The fourth-order valence-corrected chi connectivity index (χ4v) is 6.50. The van der Waals surface area contributed by atoms with Crippen molar-refractivity contribution in [1.29, 1.82) is 0 Å². The van der Waals surface area contributed by atoms with E-state index in [2.05, 4.69) is 93.3 Å². The van der Waals surface area contributed by atoms with Crippen LogP contribution in [-0.2, 0) is 4.74 Å². The number of hydrogen-bond donors (Lipinski definition) is 0. The second-order valence-corrected chi connectivity index (χ2v) is 13.8. The van der Waals surface area contributed by atoms with E-state index in [-0.39, 0.29) is 5.97 Å². The van der Waals surface area contributed by atoms with Crippen molar-refractivity contribution < 1.29 is 19.1 Å². The SMILES string of the molecule is C=CC(C/C=C\CCCOC(=O)c1ccc(-c2ccc(OC(=O)c3ccc(-c4ccc(C)cc4)cc3)cc2)cc1)CC(CCCCC)c1ccccc1. The van der Waals surface area contributed by atoms with Crippen LogP contribution >= 0.6 is 0 Å². The van der Waals surface area contributed by atoms with Crippen LogP contribution in [0.5, 0.6) is 5.75 Å². The second-order valence-electron chi connectivity index (χ2n) is 13.8. The Kier molecular flexibility index (Phi) is 15.0. The predicted molar refractivity (Wildman–Crippen MR) is 218 cm³/mol. The quantitative estimate of drug-likeness (QED) is 0.0372. The standard InChI is InChI=1S/C49H52O4/c1-4-6-10-18-46(39-16-12-9-13-17-39)36-38(5-2)15-11-7-8-14-35-52-48(50)44-27-23-42(24-28-44)43-31-33-47(34-32-43)53-49(51)45-29-25-41(26-30-45)40-21-19-37(3)20-22-40/h5,7,9,11-13,16-17,19-34,38,46H,2,4,6,8,10,14-15,18,35-36H2,1,3H3/b11-7-. The minimum absolute atomic E-state index is 0.323. The first-order valence-electron chi connectivity index (χ1n) is 19.0. The van der Waals surface area contributed by atoms with Crippen LogP contribution in [0.1, 0.15) is 96.1 Å². The zero-order chi connectivity index (χ0) is 37.3. The molecule has 4 heteroatoms. The number of esters is 2. The molecule has 0 N–H and O–H groups in total. The highest BCUT2D eigenvalue weighted by Gasteiger charge is 2.16. The van der Waals surface area contributed by atoms with E-state index in [0.29, 0.717) is 35.3 Å².